The summed E-state index contributed by atoms with van der Waals surface area (Å²) < 4.78 is 0. The van der Waals surface area contributed by atoms with Crippen molar-refractivity contribution < 1.29 is 5.11 Å². The fourth-order valence-electron chi connectivity index (χ4n) is 2.08. The van der Waals surface area contributed by atoms with Gasteiger partial charge in [0.15, 0.2) is 0 Å². The highest BCUT2D eigenvalue weighted by molar-refractivity contribution is 7.99. The lowest BCUT2D eigenvalue weighted by molar-refractivity contribution is 0.0721. The SMILES string of the molecule is Cc1cc(C)nc(SCC(O)(CN)c2ccccc2)c1. The summed E-state index contributed by atoms with van der Waals surface area (Å²) in [5.74, 6) is 0.489. The molecule has 3 nitrogen and oxygen atoms in total. The molecule has 1 unspecified atom stereocenters. The number of aryl methyl sites for hydroxylation is 2. The predicted molar refractivity (Wildman–Crippen MR) is 83.8 cm³/mol. The normalized spacial score (nSPS) is 14.0. The molecule has 0 aliphatic heterocycles. The quantitative estimate of drug-likeness (QED) is 0.830. The van der Waals surface area contributed by atoms with E-state index in [4.69, 9.17) is 5.73 Å². The second-order valence-electron chi connectivity index (χ2n) is 5.01. The number of thioether (sulfide) groups is 1. The molecule has 0 aliphatic carbocycles. The maximum atomic E-state index is 10.7. The van der Waals surface area contributed by atoms with E-state index < -0.39 is 5.60 Å². The van der Waals surface area contributed by atoms with Crippen LogP contribution in [0.4, 0.5) is 0 Å². The molecular weight excluding hydrogens is 268 g/mol. The number of hydrogen-bond acceptors (Lipinski definition) is 4. The van der Waals surface area contributed by atoms with Gasteiger partial charge in [-0.2, -0.15) is 0 Å². The van der Waals surface area contributed by atoms with Crippen LogP contribution in [0.2, 0.25) is 0 Å². The number of hydrogen-bond donors (Lipinski definition) is 2. The van der Waals surface area contributed by atoms with E-state index in [1.807, 2.05) is 56.3 Å². The van der Waals surface area contributed by atoms with Crippen molar-refractivity contribution in [2.75, 3.05) is 12.3 Å². The summed E-state index contributed by atoms with van der Waals surface area (Å²) in [7, 11) is 0. The van der Waals surface area contributed by atoms with Crippen LogP contribution in [0, 0.1) is 13.8 Å². The standard InChI is InChI=1S/C16H20N2OS/c1-12-8-13(2)18-15(9-12)20-11-16(19,10-17)14-6-4-3-5-7-14/h3-9,19H,10-11,17H2,1-2H3. The third kappa shape index (κ3) is 3.60. The molecule has 0 fully saturated rings. The number of aromatic nitrogens is 1. The molecule has 1 heterocycles. The van der Waals surface area contributed by atoms with Gasteiger partial charge in [-0.15, -0.1) is 11.8 Å². The highest BCUT2D eigenvalue weighted by Crippen LogP contribution is 2.28. The molecule has 0 radical (unpaired) electrons. The Balaban J connectivity index is 2.15. The van der Waals surface area contributed by atoms with Crippen molar-refractivity contribution in [1.82, 2.24) is 4.98 Å². The van der Waals surface area contributed by atoms with Gasteiger partial charge in [-0.1, -0.05) is 30.3 Å². The summed E-state index contributed by atoms with van der Waals surface area (Å²) in [6, 6.07) is 13.6. The second-order valence-corrected chi connectivity index (χ2v) is 6.01. The fourth-order valence-corrected chi connectivity index (χ4v) is 3.23. The molecule has 3 N–H and O–H groups in total. The summed E-state index contributed by atoms with van der Waals surface area (Å²) in [5.41, 5.74) is 7.77. The Hall–Kier alpha value is -1.36. The number of nitrogens with zero attached hydrogens (tertiary/aromatic N) is 1. The maximum absolute atomic E-state index is 10.7. The van der Waals surface area contributed by atoms with Gasteiger partial charge in [0.05, 0.1) is 5.03 Å². The van der Waals surface area contributed by atoms with Crippen molar-refractivity contribution in [2.45, 2.75) is 24.5 Å². The van der Waals surface area contributed by atoms with Crippen molar-refractivity contribution in [2.24, 2.45) is 5.73 Å². The number of rotatable bonds is 5. The second kappa shape index (κ2) is 6.39. The molecular formula is C16H20N2OS. The smallest absolute Gasteiger partial charge is 0.111 e. The highest BCUT2D eigenvalue weighted by atomic mass is 32.2. The molecule has 0 bridgehead atoms. The summed E-state index contributed by atoms with van der Waals surface area (Å²) in [6.45, 7) is 4.21. The molecule has 0 saturated carbocycles. The molecule has 0 saturated heterocycles. The minimum atomic E-state index is -1.02. The molecule has 0 spiro atoms. The van der Waals surface area contributed by atoms with Crippen molar-refractivity contribution in [3.05, 3.63) is 59.3 Å². The monoisotopic (exact) mass is 288 g/mol. The van der Waals surface area contributed by atoms with Gasteiger partial charge in [-0.05, 0) is 37.1 Å². The minimum Gasteiger partial charge on any atom is -0.383 e. The molecule has 2 rings (SSSR count). The van der Waals surface area contributed by atoms with Crippen LogP contribution < -0.4 is 5.73 Å². The molecule has 1 aromatic carbocycles. The Bertz CT molecular complexity index is 554. The number of benzene rings is 1. The molecule has 4 heteroatoms. The van der Waals surface area contributed by atoms with Crippen LogP contribution in [0.15, 0.2) is 47.5 Å². The van der Waals surface area contributed by atoms with Gasteiger partial charge in [-0.25, -0.2) is 4.98 Å². The van der Waals surface area contributed by atoms with Crippen molar-refractivity contribution in [3.8, 4) is 0 Å². The van der Waals surface area contributed by atoms with Gasteiger partial charge in [0, 0.05) is 18.0 Å². The summed E-state index contributed by atoms with van der Waals surface area (Å²) in [5, 5.41) is 11.6. The Labute approximate surface area is 124 Å². The first-order valence-corrected chi connectivity index (χ1v) is 7.58. The van der Waals surface area contributed by atoms with Gasteiger partial charge < -0.3 is 10.8 Å². The zero-order valence-electron chi connectivity index (χ0n) is 11.8. The Morgan fingerprint density at radius 1 is 1.20 bits per heavy atom. The van der Waals surface area contributed by atoms with E-state index in [9.17, 15) is 5.11 Å². The lowest BCUT2D eigenvalue weighted by Gasteiger charge is -2.26. The van der Waals surface area contributed by atoms with Crippen LogP contribution in [0.1, 0.15) is 16.8 Å². The summed E-state index contributed by atoms with van der Waals surface area (Å²) in [4.78, 5) is 4.48. The molecule has 1 atom stereocenters. The van der Waals surface area contributed by atoms with Crippen LogP contribution in [-0.2, 0) is 5.60 Å². The molecule has 0 amide bonds. The van der Waals surface area contributed by atoms with Crippen LogP contribution in [0.5, 0.6) is 0 Å². The minimum absolute atomic E-state index is 0.189. The first-order valence-electron chi connectivity index (χ1n) is 6.59. The van der Waals surface area contributed by atoms with Crippen LogP contribution in [0.25, 0.3) is 0 Å². The van der Waals surface area contributed by atoms with E-state index in [1.54, 1.807) is 0 Å². The molecule has 0 aliphatic rings. The largest absolute Gasteiger partial charge is 0.383 e. The fraction of sp³-hybridized carbons (Fsp3) is 0.312. The number of nitrogens with two attached hydrogens (primary N) is 1. The van der Waals surface area contributed by atoms with Gasteiger partial charge in [0.2, 0.25) is 0 Å². The van der Waals surface area contributed by atoms with E-state index in [0.717, 1.165) is 16.3 Å². The third-order valence-electron chi connectivity index (χ3n) is 3.18. The molecule has 106 valence electrons. The predicted octanol–water partition coefficient (Wildman–Crippen LogP) is 2.64. The number of pyridine rings is 1. The van der Waals surface area contributed by atoms with E-state index in [0.29, 0.717) is 5.75 Å². The first kappa shape index (κ1) is 15.0. The maximum Gasteiger partial charge on any atom is 0.111 e. The molecule has 20 heavy (non-hydrogen) atoms. The van der Waals surface area contributed by atoms with Crippen LogP contribution in [-0.4, -0.2) is 22.4 Å². The van der Waals surface area contributed by atoms with Gasteiger partial charge in [-0.3, -0.25) is 0 Å². The third-order valence-corrected chi connectivity index (χ3v) is 4.31. The van der Waals surface area contributed by atoms with E-state index in [1.165, 1.54) is 17.3 Å². The Morgan fingerprint density at radius 3 is 2.50 bits per heavy atom. The van der Waals surface area contributed by atoms with Crippen LogP contribution >= 0.6 is 11.8 Å². The first-order chi connectivity index (χ1) is 9.53. The summed E-state index contributed by atoms with van der Waals surface area (Å²) >= 11 is 1.53. The van der Waals surface area contributed by atoms with E-state index in [2.05, 4.69) is 4.98 Å². The Morgan fingerprint density at radius 2 is 1.90 bits per heavy atom. The highest BCUT2D eigenvalue weighted by Gasteiger charge is 2.27. The Kier molecular flexibility index (Phi) is 4.81. The van der Waals surface area contributed by atoms with E-state index >= 15 is 0 Å². The number of aliphatic hydroxyl groups is 1. The van der Waals surface area contributed by atoms with E-state index in [-0.39, 0.29) is 6.54 Å². The average molecular weight is 288 g/mol. The molecule has 1 aromatic heterocycles. The summed E-state index contributed by atoms with van der Waals surface area (Å²) in [6.07, 6.45) is 0. The van der Waals surface area contributed by atoms with Crippen LogP contribution in [0.3, 0.4) is 0 Å². The average Bonchev–Trinajstić information content (AvgIpc) is 2.45. The molecule has 2 aromatic rings. The van der Waals surface area contributed by atoms with Gasteiger partial charge >= 0.3 is 0 Å². The lowest BCUT2D eigenvalue weighted by Crippen LogP contribution is -2.37. The van der Waals surface area contributed by atoms with Gasteiger partial charge in [0.1, 0.15) is 5.60 Å². The van der Waals surface area contributed by atoms with Crippen molar-refractivity contribution in [1.29, 1.82) is 0 Å². The topological polar surface area (TPSA) is 59.1 Å². The van der Waals surface area contributed by atoms with Crippen molar-refractivity contribution >= 4 is 11.8 Å². The lowest BCUT2D eigenvalue weighted by atomic mass is 9.96. The zero-order chi connectivity index (χ0) is 14.6. The van der Waals surface area contributed by atoms with Gasteiger partial charge in [0.25, 0.3) is 0 Å². The zero-order valence-corrected chi connectivity index (χ0v) is 12.7. The van der Waals surface area contributed by atoms with Crippen molar-refractivity contribution in [3.63, 3.8) is 0 Å².